The molecular weight excluding hydrogens is 230 g/mol. The summed E-state index contributed by atoms with van der Waals surface area (Å²) >= 11 is 1.25. The maximum atomic E-state index is 9.59. The number of nitrogens with two attached hydrogens (primary N) is 1. The molecular formula is C9H11N3O3S. The Balaban J connectivity index is 2.68. The van der Waals surface area contributed by atoms with Gasteiger partial charge in [-0.2, -0.15) is 0 Å². The quantitative estimate of drug-likeness (QED) is 0.776. The Kier molecular flexibility index (Phi) is 2.90. The Morgan fingerprint density at radius 3 is 2.81 bits per heavy atom. The minimum atomic E-state index is -1.05. The fourth-order valence-electron chi connectivity index (χ4n) is 1.39. The summed E-state index contributed by atoms with van der Waals surface area (Å²) in [5.74, 6) is 0.397. The molecule has 2 rings (SSSR count). The molecule has 2 aromatic rings. The number of methoxy groups -OCH3 is 2. The van der Waals surface area contributed by atoms with Gasteiger partial charge in [-0.1, -0.05) is 0 Å². The monoisotopic (exact) mass is 241 g/mol. The van der Waals surface area contributed by atoms with Gasteiger partial charge in [-0.25, -0.2) is 9.97 Å². The molecule has 0 aliphatic heterocycles. The van der Waals surface area contributed by atoms with Crippen molar-refractivity contribution in [1.29, 1.82) is 0 Å². The van der Waals surface area contributed by atoms with Crippen molar-refractivity contribution in [1.82, 2.24) is 9.97 Å². The largest absolute Gasteiger partial charge is 0.480 e. The Labute approximate surface area is 95.6 Å². The van der Waals surface area contributed by atoms with Gasteiger partial charge in [0.15, 0.2) is 6.29 Å². The average Bonchev–Trinajstić information content (AvgIpc) is 2.66. The molecule has 0 radical (unpaired) electrons. The molecule has 0 fully saturated rings. The van der Waals surface area contributed by atoms with Crippen molar-refractivity contribution < 1.29 is 14.6 Å². The van der Waals surface area contributed by atoms with Crippen LogP contribution in [-0.4, -0.2) is 29.3 Å². The third-order valence-electron chi connectivity index (χ3n) is 2.16. The SMILES string of the molecule is COc1ncnc2sc(C(O)OC)c(N)c12. The zero-order chi connectivity index (χ0) is 11.7. The first kappa shape index (κ1) is 11.1. The molecule has 2 heterocycles. The van der Waals surface area contributed by atoms with Crippen LogP contribution >= 0.6 is 11.3 Å². The molecule has 1 atom stereocenters. The van der Waals surface area contributed by atoms with Crippen LogP contribution in [0.1, 0.15) is 11.2 Å². The molecule has 0 aliphatic carbocycles. The van der Waals surface area contributed by atoms with Gasteiger partial charge in [0.2, 0.25) is 5.88 Å². The summed E-state index contributed by atoms with van der Waals surface area (Å²) in [4.78, 5) is 9.20. The molecule has 3 N–H and O–H groups in total. The Bertz CT molecular complexity index is 514. The third-order valence-corrected chi connectivity index (χ3v) is 3.30. The van der Waals surface area contributed by atoms with Gasteiger partial charge in [0, 0.05) is 7.11 Å². The van der Waals surface area contributed by atoms with Crippen molar-refractivity contribution in [2.24, 2.45) is 0 Å². The number of hydrogen-bond acceptors (Lipinski definition) is 7. The summed E-state index contributed by atoms with van der Waals surface area (Å²) in [6, 6.07) is 0. The van der Waals surface area contributed by atoms with Gasteiger partial charge in [0.05, 0.1) is 23.1 Å². The number of anilines is 1. The molecule has 16 heavy (non-hydrogen) atoms. The van der Waals surface area contributed by atoms with Crippen LogP contribution < -0.4 is 10.5 Å². The van der Waals surface area contributed by atoms with Crippen molar-refractivity contribution >= 4 is 27.2 Å². The summed E-state index contributed by atoms with van der Waals surface area (Å²) in [6.07, 6.45) is 0.337. The zero-order valence-electron chi connectivity index (χ0n) is 8.80. The smallest absolute Gasteiger partial charge is 0.227 e. The van der Waals surface area contributed by atoms with Crippen LogP contribution in [0, 0.1) is 0 Å². The second kappa shape index (κ2) is 4.20. The third kappa shape index (κ3) is 1.58. The van der Waals surface area contributed by atoms with Gasteiger partial charge in [-0.3, -0.25) is 0 Å². The summed E-state index contributed by atoms with van der Waals surface area (Å²) in [5, 5.41) is 10.2. The van der Waals surface area contributed by atoms with Crippen LogP contribution in [-0.2, 0) is 4.74 Å². The van der Waals surface area contributed by atoms with Gasteiger partial charge >= 0.3 is 0 Å². The molecule has 2 aromatic heterocycles. The van der Waals surface area contributed by atoms with Crippen molar-refractivity contribution in [3.8, 4) is 5.88 Å². The summed E-state index contributed by atoms with van der Waals surface area (Å²) in [5.41, 5.74) is 6.30. The molecule has 86 valence electrons. The van der Waals surface area contributed by atoms with E-state index >= 15 is 0 Å². The van der Waals surface area contributed by atoms with E-state index in [1.54, 1.807) is 0 Å². The highest BCUT2D eigenvalue weighted by Crippen LogP contribution is 2.39. The van der Waals surface area contributed by atoms with E-state index in [0.717, 1.165) is 0 Å². The molecule has 0 aromatic carbocycles. The lowest BCUT2D eigenvalue weighted by atomic mass is 10.3. The predicted octanol–water partition coefficient (Wildman–Crippen LogP) is 0.919. The second-order valence-electron chi connectivity index (χ2n) is 3.03. The van der Waals surface area contributed by atoms with E-state index in [1.807, 2.05) is 0 Å². The molecule has 0 bridgehead atoms. The standard InChI is InChI=1S/C9H11N3O3S/c1-14-7-4-5(10)6(9(13)15-2)16-8(4)12-3-11-7/h3,9,13H,10H2,1-2H3. The van der Waals surface area contributed by atoms with Crippen LogP contribution in [0.3, 0.4) is 0 Å². The van der Waals surface area contributed by atoms with E-state index in [1.165, 1.54) is 31.9 Å². The minimum absolute atomic E-state index is 0.395. The van der Waals surface area contributed by atoms with E-state index < -0.39 is 6.29 Å². The fraction of sp³-hybridized carbons (Fsp3) is 0.333. The number of hydrogen-bond donors (Lipinski definition) is 2. The van der Waals surface area contributed by atoms with E-state index in [-0.39, 0.29) is 0 Å². The van der Waals surface area contributed by atoms with Crippen molar-refractivity contribution in [2.75, 3.05) is 20.0 Å². The maximum absolute atomic E-state index is 9.59. The average molecular weight is 241 g/mol. The summed E-state index contributed by atoms with van der Waals surface area (Å²) in [6.45, 7) is 0. The molecule has 0 aliphatic rings. The first-order valence-electron chi connectivity index (χ1n) is 4.46. The molecule has 0 spiro atoms. The molecule has 0 saturated carbocycles. The number of nitrogen functional groups attached to an aromatic ring is 1. The van der Waals surface area contributed by atoms with E-state index in [4.69, 9.17) is 15.2 Å². The van der Waals surface area contributed by atoms with Crippen molar-refractivity contribution in [3.63, 3.8) is 0 Å². The highest BCUT2D eigenvalue weighted by Gasteiger charge is 2.20. The Morgan fingerprint density at radius 2 is 2.19 bits per heavy atom. The lowest BCUT2D eigenvalue weighted by Crippen LogP contribution is -2.00. The normalized spacial score (nSPS) is 12.9. The van der Waals surface area contributed by atoms with Crippen LogP contribution in [0.5, 0.6) is 5.88 Å². The second-order valence-corrected chi connectivity index (χ2v) is 4.06. The number of fused-ring (bicyclic) bond motifs is 1. The van der Waals surface area contributed by atoms with Gasteiger partial charge < -0.3 is 20.3 Å². The molecule has 0 amide bonds. The maximum Gasteiger partial charge on any atom is 0.227 e. The molecule has 1 unspecified atom stereocenters. The highest BCUT2D eigenvalue weighted by molar-refractivity contribution is 7.19. The van der Waals surface area contributed by atoms with Crippen LogP contribution in [0.2, 0.25) is 0 Å². The van der Waals surface area contributed by atoms with E-state index in [2.05, 4.69) is 9.97 Å². The minimum Gasteiger partial charge on any atom is -0.480 e. The number of aliphatic hydroxyl groups is 1. The molecule has 0 saturated heterocycles. The van der Waals surface area contributed by atoms with Gasteiger partial charge in [-0.15, -0.1) is 11.3 Å². The van der Waals surface area contributed by atoms with Crippen molar-refractivity contribution in [3.05, 3.63) is 11.2 Å². The van der Waals surface area contributed by atoms with Gasteiger partial charge in [0.25, 0.3) is 0 Å². The van der Waals surface area contributed by atoms with E-state index in [9.17, 15) is 5.11 Å². The first-order chi connectivity index (χ1) is 7.69. The predicted molar refractivity (Wildman–Crippen MR) is 60.3 cm³/mol. The number of thiophene rings is 1. The Morgan fingerprint density at radius 1 is 1.44 bits per heavy atom. The number of rotatable bonds is 3. The van der Waals surface area contributed by atoms with Crippen molar-refractivity contribution in [2.45, 2.75) is 6.29 Å². The number of aromatic nitrogens is 2. The summed E-state index contributed by atoms with van der Waals surface area (Å²) in [7, 11) is 2.91. The zero-order valence-corrected chi connectivity index (χ0v) is 9.61. The molecule has 6 nitrogen and oxygen atoms in total. The molecule has 7 heteroatoms. The Hall–Kier alpha value is -1.44. The van der Waals surface area contributed by atoms with E-state index in [0.29, 0.717) is 26.7 Å². The first-order valence-corrected chi connectivity index (χ1v) is 5.28. The fourth-order valence-corrected chi connectivity index (χ4v) is 2.41. The van der Waals surface area contributed by atoms with Crippen LogP contribution in [0.15, 0.2) is 6.33 Å². The number of nitrogens with zero attached hydrogens (tertiary/aromatic N) is 2. The number of aliphatic hydroxyl groups excluding tert-OH is 1. The topological polar surface area (TPSA) is 90.5 Å². The van der Waals surface area contributed by atoms with Gasteiger partial charge in [-0.05, 0) is 0 Å². The lowest BCUT2D eigenvalue weighted by molar-refractivity contribution is -0.0737. The van der Waals surface area contributed by atoms with Crippen LogP contribution in [0.4, 0.5) is 5.69 Å². The lowest BCUT2D eigenvalue weighted by Gasteiger charge is -2.06. The summed E-state index contributed by atoms with van der Waals surface area (Å²) < 4.78 is 9.91. The van der Waals surface area contributed by atoms with Gasteiger partial charge in [0.1, 0.15) is 11.2 Å². The van der Waals surface area contributed by atoms with Crippen LogP contribution in [0.25, 0.3) is 10.2 Å². The highest BCUT2D eigenvalue weighted by atomic mass is 32.1. The number of ether oxygens (including phenoxy) is 2.